The van der Waals surface area contributed by atoms with Gasteiger partial charge in [-0.2, -0.15) is 0 Å². The molecule has 0 aliphatic heterocycles. The van der Waals surface area contributed by atoms with Crippen LogP contribution in [0.3, 0.4) is 0 Å². The summed E-state index contributed by atoms with van der Waals surface area (Å²) in [5.74, 6) is 11.5. The molecule has 0 spiro atoms. The van der Waals surface area contributed by atoms with E-state index >= 15 is 0 Å². The molecule has 7 aliphatic carbocycles. The molecule has 5 saturated carbocycles. The predicted octanol–water partition coefficient (Wildman–Crippen LogP) is 5.70. The van der Waals surface area contributed by atoms with E-state index in [1.165, 1.54) is 34.1 Å². The molecule has 10 rings (SSSR count). The van der Waals surface area contributed by atoms with Crippen molar-refractivity contribution in [3.05, 3.63) is 82.2 Å². The molecule has 162 valence electrons. The van der Waals surface area contributed by atoms with E-state index in [0.29, 0.717) is 0 Å². The Labute approximate surface area is 195 Å². The maximum absolute atomic E-state index is 2.71. The van der Waals surface area contributed by atoms with E-state index < -0.39 is 0 Å². The lowest BCUT2D eigenvalue weighted by Gasteiger charge is -2.49. The van der Waals surface area contributed by atoms with Crippen LogP contribution in [-0.4, -0.2) is 0 Å². The highest BCUT2D eigenvalue weighted by Crippen LogP contribution is 2.80. The highest BCUT2D eigenvalue weighted by molar-refractivity contribution is 5.85. The van der Waals surface area contributed by atoms with Gasteiger partial charge in [-0.05, 0) is 123 Å². The minimum absolute atomic E-state index is 0.832. The highest BCUT2D eigenvalue weighted by atomic mass is 14.8. The Balaban J connectivity index is 1.09. The van der Waals surface area contributed by atoms with Crippen LogP contribution in [0.5, 0.6) is 0 Å². The van der Waals surface area contributed by atoms with Crippen LogP contribution in [0.4, 0.5) is 0 Å². The molecule has 0 N–H and O–H groups in total. The summed E-state index contributed by atoms with van der Waals surface area (Å²) in [6.07, 6.45) is 10.0. The van der Waals surface area contributed by atoms with E-state index in [9.17, 15) is 0 Å². The van der Waals surface area contributed by atoms with Gasteiger partial charge in [0.25, 0.3) is 0 Å². The molecule has 0 nitrogen and oxygen atoms in total. The zero-order chi connectivity index (χ0) is 21.0. The van der Waals surface area contributed by atoms with Crippen molar-refractivity contribution in [3.8, 4) is 0 Å². The number of hydrogen-bond donors (Lipinski definition) is 0. The van der Waals surface area contributed by atoms with E-state index in [-0.39, 0.29) is 0 Å². The average molecular weight is 427 g/mol. The molecular formula is C33H30. The van der Waals surface area contributed by atoms with Crippen molar-refractivity contribution < 1.29 is 0 Å². The summed E-state index contributed by atoms with van der Waals surface area (Å²) >= 11 is 0. The Kier molecular flexibility index (Phi) is 2.85. The van der Waals surface area contributed by atoms with Gasteiger partial charge in [-0.3, -0.25) is 0 Å². The van der Waals surface area contributed by atoms with E-state index in [1.807, 2.05) is 0 Å². The summed E-state index contributed by atoms with van der Waals surface area (Å²) in [6.45, 7) is 0. The number of benzene rings is 3. The summed E-state index contributed by atoms with van der Waals surface area (Å²) in [6, 6.07) is 23.5. The number of hydrogen-bond acceptors (Lipinski definition) is 0. The predicted molar refractivity (Wildman–Crippen MR) is 133 cm³/mol. The SMILES string of the molecule is C1=c2ccccc2=CC2C1C1CC2C2C3CC(C4C5CC(c6cc7ccccc7cc65)C34)C12. The monoisotopic (exact) mass is 426 g/mol. The molecule has 12 atom stereocenters. The minimum Gasteiger partial charge on any atom is -0.0727 e. The third kappa shape index (κ3) is 1.82. The molecule has 3 aromatic rings. The van der Waals surface area contributed by atoms with Crippen molar-refractivity contribution in [1.82, 2.24) is 0 Å². The Hall–Kier alpha value is -2.34. The smallest absolute Gasteiger partial charge is 0.0119 e. The first-order valence-electron chi connectivity index (χ1n) is 13.7. The number of rotatable bonds is 0. The Morgan fingerprint density at radius 2 is 0.970 bits per heavy atom. The average Bonchev–Trinajstić information content (AvgIpc) is 3.66. The fourth-order valence-corrected chi connectivity index (χ4v) is 11.8. The zero-order valence-electron chi connectivity index (χ0n) is 19.0. The zero-order valence-corrected chi connectivity index (χ0v) is 19.0. The lowest BCUT2D eigenvalue weighted by atomic mass is 9.55. The molecule has 33 heavy (non-hydrogen) atoms. The molecule has 12 unspecified atom stereocenters. The third-order valence-corrected chi connectivity index (χ3v) is 12.3. The summed E-state index contributed by atoms with van der Waals surface area (Å²) < 4.78 is 0. The second-order valence-corrected chi connectivity index (χ2v) is 12.8. The van der Waals surface area contributed by atoms with Crippen LogP contribution in [0, 0.1) is 59.2 Å². The van der Waals surface area contributed by atoms with Gasteiger partial charge < -0.3 is 0 Å². The summed E-state index contributed by atoms with van der Waals surface area (Å²) in [5.41, 5.74) is 3.52. The van der Waals surface area contributed by atoms with Gasteiger partial charge in [-0.15, -0.1) is 0 Å². The van der Waals surface area contributed by atoms with Crippen LogP contribution in [0.1, 0.15) is 42.2 Å². The Morgan fingerprint density at radius 3 is 1.52 bits per heavy atom. The van der Waals surface area contributed by atoms with Gasteiger partial charge in [-0.25, -0.2) is 0 Å². The van der Waals surface area contributed by atoms with Crippen LogP contribution in [0.15, 0.2) is 60.7 Å². The molecule has 6 bridgehead atoms. The number of fused-ring (bicyclic) bond motifs is 24. The molecule has 7 aliphatic rings. The van der Waals surface area contributed by atoms with E-state index in [1.54, 1.807) is 17.5 Å². The first-order chi connectivity index (χ1) is 16.3. The summed E-state index contributed by atoms with van der Waals surface area (Å²) in [5, 5.41) is 5.97. The van der Waals surface area contributed by atoms with Crippen LogP contribution >= 0.6 is 0 Å². The molecule has 0 heteroatoms. The molecule has 3 aromatic carbocycles. The second-order valence-electron chi connectivity index (χ2n) is 12.8. The lowest BCUT2D eigenvalue weighted by Crippen LogP contribution is -2.46. The molecular weight excluding hydrogens is 396 g/mol. The third-order valence-electron chi connectivity index (χ3n) is 12.3. The highest BCUT2D eigenvalue weighted by Gasteiger charge is 2.73. The van der Waals surface area contributed by atoms with Crippen molar-refractivity contribution in [2.24, 2.45) is 59.2 Å². The molecule has 0 saturated heterocycles. The van der Waals surface area contributed by atoms with Gasteiger partial charge in [0.05, 0.1) is 0 Å². The minimum atomic E-state index is 0.832. The van der Waals surface area contributed by atoms with Gasteiger partial charge >= 0.3 is 0 Å². The fourth-order valence-electron chi connectivity index (χ4n) is 11.8. The van der Waals surface area contributed by atoms with E-state index in [4.69, 9.17) is 0 Å². The lowest BCUT2D eigenvalue weighted by molar-refractivity contribution is 0.0326. The van der Waals surface area contributed by atoms with Gasteiger partial charge in [0.1, 0.15) is 0 Å². The van der Waals surface area contributed by atoms with Crippen LogP contribution in [-0.2, 0) is 0 Å². The van der Waals surface area contributed by atoms with Gasteiger partial charge in [0.2, 0.25) is 0 Å². The topological polar surface area (TPSA) is 0 Å². The maximum Gasteiger partial charge on any atom is -0.0119 e. The van der Waals surface area contributed by atoms with Crippen molar-refractivity contribution in [2.75, 3.05) is 0 Å². The van der Waals surface area contributed by atoms with Crippen molar-refractivity contribution in [3.63, 3.8) is 0 Å². The van der Waals surface area contributed by atoms with Crippen LogP contribution in [0.2, 0.25) is 0 Å². The maximum atomic E-state index is 2.71. The first kappa shape index (κ1) is 17.1. The van der Waals surface area contributed by atoms with Gasteiger partial charge in [-0.1, -0.05) is 72.8 Å². The van der Waals surface area contributed by atoms with Gasteiger partial charge in [0.15, 0.2) is 0 Å². The van der Waals surface area contributed by atoms with Crippen LogP contribution in [0.25, 0.3) is 22.9 Å². The molecule has 5 fully saturated rings. The Bertz CT molecular complexity index is 1380. The van der Waals surface area contributed by atoms with Crippen molar-refractivity contribution >= 4 is 22.9 Å². The quantitative estimate of drug-likeness (QED) is 0.405. The summed E-state index contributed by atoms with van der Waals surface area (Å²) in [7, 11) is 0. The van der Waals surface area contributed by atoms with Crippen molar-refractivity contribution in [2.45, 2.75) is 31.1 Å². The molecule has 0 amide bonds. The fraction of sp³-hybridized carbons (Fsp3) is 0.455. The standard InChI is InChI=1S/C33H30/c1-2-6-17-10-21-20(9-16(17)5-1)24-13-25(21)31-29-15-28(30(24)31)32-26-14-27(33(29)32)23-12-19-8-4-3-7-18(19)11-22(23)26/h1-12,20-21,24-33H,13-15H2. The molecule has 0 aromatic heterocycles. The first-order valence-corrected chi connectivity index (χ1v) is 13.7. The van der Waals surface area contributed by atoms with E-state index in [2.05, 4.69) is 72.8 Å². The van der Waals surface area contributed by atoms with Crippen LogP contribution < -0.4 is 10.4 Å². The van der Waals surface area contributed by atoms with Gasteiger partial charge in [0, 0.05) is 0 Å². The van der Waals surface area contributed by atoms with E-state index in [0.717, 1.165) is 71.0 Å². The normalized spacial score (nSPS) is 48.1. The largest absolute Gasteiger partial charge is 0.0727 e. The molecule has 0 heterocycles. The second kappa shape index (κ2) is 5.48. The summed E-state index contributed by atoms with van der Waals surface area (Å²) in [4.78, 5) is 0. The Morgan fingerprint density at radius 1 is 0.485 bits per heavy atom. The van der Waals surface area contributed by atoms with Crippen molar-refractivity contribution in [1.29, 1.82) is 0 Å². The molecule has 0 radical (unpaired) electrons.